The molecule has 1 aliphatic carbocycles. The van der Waals surface area contributed by atoms with Crippen molar-refractivity contribution in [3.05, 3.63) is 35.9 Å². The largest absolute Gasteiger partial charge is 0.359 e. The van der Waals surface area contributed by atoms with Gasteiger partial charge in [-0.15, -0.1) is 0 Å². The minimum absolute atomic E-state index is 0.662. The van der Waals surface area contributed by atoms with Gasteiger partial charge in [-0.25, -0.2) is 0 Å². The van der Waals surface area contributed by atoms with Gasteiger partial charge < -0.3 is 10.6 Å². The summed E-state index contributed by atoms with van der Waals surface area (Å²) in [5.41, 5.74) is 2.43. The quantitative estimate of drug-likeness (QED) is 0.543. The fourth-order valence-electron chi connectivity index (χ4n) is 1.38. The van der Waals surface area contributed by atoms with Crippen LogP contribution in [0.1, 0.15) is 13.3 Å². The summed E-state index contributed by atoms with van der Waals surface area (Å²) in [7, 11) is 0. The normalized spacial score (nSPS) is 27.5. The van der Waals surface area contributed by atoms with Gasteiger partial charge in [0.1, 0.15) is 0 Å². The van der Waals surface area contributed by atoms with Gasteiger partial charge in [0.2, 0.25) is 0 Å². The van der Waals surface area contributed by atoms with Crippen LogP contribution in [-0.2, 0) is 0 Å². The van der Waals surface area contributed by atoms with Crippen LogP contribution >= 0.6 is 0 Å². The summed E-state index contributed by atoms with van der Waals surface area (Å²) in [6, 6.07) is 0. The van der Waals surface area contributed by atoms with Crippen LogP contribution in [0, 0.1) is 5.92 Å². The van der Waals surface area contributed by atoms with Crippen molar-refractivity contribution in [2.45, 2.75) is 13.3 Å². The molecule has 2 N–H and O–H groups in total. The first-order chi connectivity index (χ1) is 5.36. The SMILES string of the molecule is C[C@H]1C=C2NC=CNC2=CC1. The molecule has 2 aliphatic rings. The summed E-state index contributed by atoms with van der Waals surface area (Å²) >= 11 is 0. The third-order valence-electron chi connectivity index (χ3n) is 2.00. The van der Waals surface area contributed by atoms with Crippen molar-refractivity contribution in [1.29, 1.82) is 0 Å². The van der Waals surface area contributed by atoms with Crippen LogP contribution in [0.25, 0.3) is 0 Å². The molecule has 1 atom stereocenters. The maximum absolute atomic E-state index is 3.20. The van der Waals surface area contributed by atoms with Crippen molar-refractivity contribution in [2.75, 3.05) is 0 Å². The Kier molecular flexibility index (Phi) is 1.46. The Morgan fingerprint density at radius 3 is 2.82 bits per heavy atom. The maximum atomic E-state index is 3.20. The van der Waals surface area contributed by atoms with Crippen LogP contribution in [0.3, 0.4) is 0 Å². The van der Waals surface area contributed by atoms with Crippen LogP contribution < -0.4 is 10.6 Å². The van der Waals surface area contributed by atoms with Gasteiger partial charge in [-0.1, -0.05) is 19.1 Å². The van der Waals surface area contributed by atoms with E-state index in [-0.39, 0.29) is 0 Å². The summed E-state index contributed by atoms with van der Waals surface area (Å²) in [4.78, 5) is 0. The van der Waals surface area contributed by atoms with Crippen LogP contribution in [-0.4, -0.2) is 0 Å². The van der Waals surface area contributed by atoms with E-state index in [1.807, 2.05) is 12.4 Å². The van der Waals surface area contributed by atoms with Gasteiger partial charge in [0.25, 0.3) is 0 Å². The van der Waals surface area contributed by atoms with E-state index in [9.17, 15) is 0 Å². The molecule has 1 heterocycles. The molecule has 0 amide bonds. The Bertz CT molecular complexity index is 248. The van der Waals surface area contributed by atoms with Crippen LogP contribution in [0.5, 0.6) is 0 Å². The molecule has 0 unspecified atom stereocenters. The Morgan fingerprint density at radius 1 is 1.27 bits per heavy atom. The van der Waals surface area contributed by atoms with E-state index in [0.29, 0.717) is 5.92 Å². The topological polar surface area (TPSA) is 24.1 Å². The maximum Gasteiger partial charge on any atom is 0.0578 e. The third-order valence-corrected chi connectivity index (χ3v) is 2.00. The van der Waals surface area contributed by atoms with E-state index in [4.69, 9.17) is 0 Å². The van der Waals surface area contributed by atoms with Crippen LogP contribution in [0.4, 0.5) is 0 Å². The Labute approximate surface area is 66.7 Å². The van der Waals surface area contributed by atoms with Crippen molar-refractivity contribution in [3.8, 4) is 0 Å². The van der Waals surface area contributed by atoms with Crippen molar-refractivity contribution < 1.29 is 0 Å². The lowest BCUT2D eigenvalue weighted by molar-refractivity contribution is 0.695. The van der Waals surface area contributed by atoms with Gasteiger partial charge in [0.05, 0.1) is 11.4 Å². The first-order valence-electron chi connectivity index (χ1n) is 3.97. The Balaban J connectivity index is 2.28. The molecule has 0 aromatic heterocycles. The fourth-order valence-corrected chi connectivity index (χ4v) is 1.38. The number of rotatable bonds is 0. The highest BCUT2D eigenvalue weighted by Crippen LogP contribution is 2.20. The van der Waals surface area contributed by atoms with E-state index in [2.05, 4.69) is 29.7 Å². The molecule has 2 nitrogen and oxygen atoms in total. The summed E-state index contributed by atoms with van der Waals surface area (Å²) in [6.07, 6.45) is 9.46. The zero-order valence-electron chi connectivity index (χ0n) is 6.59. The van der Waals surface area contributed by atoms with Gasteiger partial charge in [-0.2, -0.15) is 0 Å². The standard InChI is InChI=1S/C9H12N2/c1-7-2-3-8-9(6-7)11-5-4-10-8/h3-7,10-11H,2H2,1H3/t7-/m1/s1. The van der Waals surface area contributed by atoms with Crippen LogP contribution in [0.2, 0.25) is 0 Å². The second kappa shape index (κ2) is 2.46. The number of hydrogen-bond donors (Lipinski definition) is 2. The van der Waals surface area contributed by atoms with E-state index >= 15 is 0 Å². The molecule has 0 saturated carbocycles. The van der Waals surface area contributed by atoms with E-state index in [1.165, 1.54) is 11.4 Å². The predicted molar refractivity (Wildman–Crippen MR) is 45.4 cm³/mol. The zero-order valence-corrected chi connectivity index (χ0v) is 6.59. The second-order valence-electron chi connectivity index (χ2n) is 3.03. The minimum Gasteiger partial charge on any atom is -0.359 e. The molecule has 1 aliphatic heterocycles. The molecule has 0 fully saturated rings. The third kappa shape index (κ3) is 1.16. The van der Waals surface area contributed by atoms with Crippen molar-refractivity contribution >= 4 is 0 Å². The first-order valence-corrected chi connectivity index (χ1v) is 3.97. The molecule has 0 aromatic carbocycles. The lowest BCUT2D eigenvalue weighted by Crippen LogP contribution is -2.24. The predicted octanol–water partition coefficient (Wildman–Crippen LogP) is 1.46. The molecule has 2 heteroatoms. The van der Waals surface area contributed by atoms with Crippen molar-refractivity contribution in [3.63, 3.8) is 0 Å². The Morgan fingerprint density at radius 2 is 2.00 bits per heavy atom. The number of nitrogens with one attached hydrogen (secondary N) is 2. The average molecular weight is 148 g/mol. The lowest BCUT2D eigenvalue weighted by atomic mass is 9.99. The molecule has 0 spiro atoms. The van der Waals surface area contributed by atoms with Crippen molar-refractivity contribution in [2.24, 2.45) is 5.92 Å². The molecular formula is C9H12N2. The fraction of sp³-hybridized carbons (Fsp3) is 0.333. The molecule has 58 valence electrons. The molecule has 0 aromatic rings. The smallest absolute Gasteiger partial charge is 0.0578 e. The highest BCUT2D eigenvalue weighted by Gasteiger charge is 2.12. The summed E-state index contributed by atoms with van der Waals surface area (Å²) in [6.45, 7) is 2.22. The van der Waals surface area contributed by atoms with E-state index in [0.717, 1.165) is 6.42 Å². The summed E-state index contributed by atoms with van der Waals surface area (Å²) in [5.74, 6) is 0.662. The van der Waals surface area contributed by atoms with E-state index in [1.54, 1.807) is 0 Å². The molecular weight excluding hydrogens is 136 g/mol. The average Bonchev–Trinajstić information content (AvgIpc) is 2.04. The van der Waals surface area contributed by atoms with Gasteiger partial charge in [0, 0.05) is 12.4 Å². The van der Waals surface area contributed by atoms with Gasteiger partial charge in [-0.05, 0) is 12.3 Å². The monoisotopic (exact) mass is 148 g/mol. The number of hydrogen-bond acceptors (Lipinski definition) is 2. The number of fused-ring (bicyclic) bond motifs is 1. The van der Waals surface area contributed by atoms with Gasteiger partial charge in [-0.3, -0.25) is 0 Å². The lowest BCUT2D eigenvalue weighted by Gasteiger charge is -2.22. The van der Waals surface area contributed by atoms with Gasteiger partial charge in [0.15, 0.2) is 0 Å². The second-order valence-corrected chi connectivity index (χ2v) is 3.03. The summed E-state index contributed by atoms with van der Waals surface area (Å²) < 4.78 is 0. The van der Waals surface area contributed by atoms with Crippen LogP contribution in [0.15, 0.2) is 35.9 Å². The minimum atomic E-state index is 0.662. The zero-order chi connectivity index (χ0) is 7.68. The van der Waals surface area contributed by atoms with E-state index < -0.39 is 0 Å². The molecule has 0 bridgehead atoms. The van der Waals surface area contributed by atoms with Gasteiger partial charge >= 0.3 is 0 Å². The highest BCUT2D eigenvalue weighted by molar-refractivity contribution is 5.36. The Hall–Kier alpha value is -1.18. The highest BCUT2D eigenvalue weighted by atomic mass is 15.0. The molecule has 0 radical (unpaired) electrons. The summed E-state index contributed by atoms with van der Waals surface area (Å²) in [5, 5.41) is 6.39. The van der Waals surface area contributed by atoms with Crippen molar-refractivity contribution in [1.82, 2.24) is 10.6 Å². The molecule has 11 heavy (non-hydrogen) atoms. The first kappa shape index (κ1) is 6.53. The molecule has 0 saturated heterocycles. The number of allylic oxidation sites excluding steroid dienone is 2. The molecule has 2 rings (SSSR count).